The molecule has 4 heterocycles. The molecule has 0 amide bonds. The maximum absolute atomic E-state index is 12.1. The van der Waals surface area contributed by atoms with Gasteiger partial charge < -0.3 is 15.2 Å². The average Bonchev–Trinajstić information content (AvgIpc) is 2.74. The highest BCUT2D eigenvalue weighted by Crippen LogP contribution is 2.18. The van der Waals surface area contributed by atoms with Crippen LogP contribution in [0.25, 0.3) is 11.0 Å². The smallest absolute Gasteiger partial charge is 0.251 e. The second-order valence-electron chi connectivity index (χ2n) is 7.17. The van der Waals surface area contributed by atoms with Gasteiger partial charge in [0.25, 0.3) is 5.56 Å². The summed E-state index contributed by atoms with van der Waals surface area (Å²) in [5, 5.41) is 3.05. The van der Waals surface area contributed by atoms with Crippen LogP contribution in [0.2, 0.25) is 0 Å². The second-order valence-corrected chi connectivity index (χ2v) is 7.17. The van der Waals surface area contributed by atoms with Crippen molar-refractivity contribution in [2.24, 2.45) is 0 Å². The molecule has 0 saturated carbocycles. The predicted molar refractivity (Wildman–Crippen MR) is 113 cm³/mol. The lowest BCUT2D eigenvalue weighted by Crippen LogP contribution is -2.46. The van der Waals surface area contributed by atoms with Gasteiger partial charge in [-0.1, -0.05) is 6.92 Å². The second kappa shape index (κ2) is 7.98. The summed E-state index contributed by atoms with van der Waals surface area (Å²) in [5.41, 5.74) is 4.72. The van der Waals surface area contributed by atoms with E-state index in [4.69, 9.17) is 0 Å². The van der Waals surface area contributed by atoms with E-state index in [9.17, 15) is 4.79 Å². The molecule has 0 spiro atoms. The SMILES string of the molecule is CCc1cc2ncc(CN3CCN(c4ccc(NC)nc4)CC3)cc2[nH]c1=O. The van der Waals surface area contributed by atoms with Crippen molar-refractivity contribution < 1.29 is 0 Å². The summed E-state index contributed by atoms with van der Waals surface area (Å²) in [4.78, 5) is 28.8. The van der Waals surface area contributed by atoms with E-state index in [0.29, 0.717) is 6.42 Å². The summed E-state index contributed by atoms with van der Waals surface area (Å²) in [6.45, 7) is 6.73. The number of anilines is 2. The van der Waals surface area contributed by atoms with Crippen LogP contribution in [-0.4, -0.2) is 53.1 Å². The lowest BCUT2D eigenvalue weighted by atomic mass is 10.1. The minimum atomic E-state index is -0.0135. The number of nitrogens with one attached hydrogen (secondary N) is 2. The standard InChI is InChI=1S/C21H26N6O/c1-3-16-11-18-19(25-21(16)28)10-15(12-23-18)14-26-6-8-27(9-7-26)17-4-5-20(22-2)24-13-17/h4-5,10-13H,3,6-9,14H2,1-2H3,(H,22,24)(H,25,28). The quantitative estimate of drug-likeness (QED) is 0.709. The maximum Gasteiger partial charge on any atom is 0.251 e. The molecule has 1 aliphatic heterocycles. The molecular formula is C21H26N6O. The summed E-state index contributed by atoms with van der Waals surface area (Å²) in [6, 6.07) is 8.07. The Morgan fingerprint density at radius 1 is 1.11 bits per heavy atom. The summed E-state index contributed by atoms with van der Waals surface area (Å²) >= 11 is 0. The number of hydrogen-bond donors (Lipinski definition) is 2. The van der Waals surface area contributed by atoms with Crippen molar-refractivity contribution >= 4 is 22.5 Å². The molecule has 0 aromatic carbocycles. The molecule has 7 heteroatoms. The van der Waals surface area contributed by atoms with Gasteiger partial charge in [0, 0.05) is 51.5 Å². The highest BCUT2D eigenvalue weighted by Gasteiger charge is 2.18. The van der Waals surface area contributed by atoms with E-state index in [0.717, 1.165) is 66.4 Å². The molecule has 3 aromatic heterocycles. The fourth-order valence-electron chi connectivity index (χ4n) is 3.66. The van der Waals surface area contributed by atoms with Crippen LogP contribution in [0.15, 0.2) is 41.5 Å². The fraction of sp³-hybridized carbons (Fsp3) is 0.381. The van der Waals surface area contributed by atoms with Gasteiger partial charge >= 0.3 is 0 Å². The number of rotatable bonds is 5. The van der Waals surface area contributed by atoms with Gasteiger partial charge in [-0.15, -0.1) is 0 Å². The Labute approximate surface area is 164 Å². The molecule has 146 valence electrons. The Kier molecular flexibility index (Phi) is 5.25. The van der Waals surface area contributed by atoms with Crippen LogP contribution in [0, 0.1) is 0 Å². The molecule has 3 aromatic rings. The third-order valence-corrected chi connectivity index (χ3v) is 5.35. The first kappa shape index (κ1) is 18.4. The first-order valence-corrected chi connectivity index (χ1v) is 9.78. The number of aromatic nitrogens is 3. The van der Waals surface area contributed by atoms with Gasteiger partial charge in [-0.05, 0) is 36.2 Å². The van der Waals surface area contributed by atoms with Crippen LogP contribution in [0.3, 0.4) is 0 Å². The zero-order valence-corrected chi connectivity index (χ0v) is 16.4. The summed E-state index contributed by atoms with van der Waals surface area (Å²) in [5.74, 6) is 0.885. The molecule has 0 atom stereocenters. The van der Waals surface area contributed by atoms with E-state index in [2.05, 4.69) is 42.2 Å². The number of nitrogens with zero attached hydrogens (tertiary/aromatic N) is 4. The van der Waals surface area contributed by atoms with Gasteiger partial charge in [0.15, 0.2) is 0 Å². The van der Waals surface area contributed by atoms with Crippen LogP contribution < -0.4 is 15.8 Å². The van der Waals surface area contributed by atoms with E-state index in [-0.39, 0.29) is 5.56 Å². The van der Waals surface area contributed by atoms with Crippen LogP contribution >= 0.6 is 0 Å². The van der Waals surface area contributed by atoms with Gasteiger partial charge in [-0.2, -0.15) is 0 Å². The van der Waals surface area contributed by atoms with Crippen LogP contribution in [-0.2, 0) is 13.0 Å². The molecule has 28 heavy (non-hydrogen) atoms. The molecule has 1 aliphatic rings. The molecule has 0 bridgehead atoms. The van der Waals surface area contributed by atoms with E-state index in [1.54, 1.807) is 0 Å². The third kappa shape index (κ3) is 3.84. The molecule has 4 rings (SSSR count). The van der Waals surface area contributed by atoms with Crippen LogP contribution in [0.4, 0.5) is 11.5 Å². The Balaban J connectivity index is 1.40. The fourth-order valence-corrected chi connectivity index (χ4v) is 3.66. The molecule has 1 fully saturated rings. The van der Waals surface area contributed by atoms with Crippen molar-refractivity contribution in [3.05, 3.63) is 58.1 Å². The van der Waals surface area contributed by atoms with Gasteiger partial charge in [-0.3, -0.25) is 14.7 Å². The Bertz CT molecular complexity index is 1010. The Morgan fingerprint density at radius 3 is 2.61 bits per heavy atom. The van der Waals surface area contributed by atoms with Gasteiger partial charge in [0.05, 0.1) is 22.9 Å². The Morgan fingerprint density at radius 2 is 1.93 bits per heavy atom. The molecule has 0 radical (unpaired) electrons. The first-order valence-electron chi connectivity index (χ1n) is 9.78. The van der Waals surface area contributed by atoms with Crippen molar-refractivity contribution in [1.82, 2.24) is 19.9 Å². The number of aromatic amines is 1. The highest BCUT2D eigenvalue weighted by atomic mass is 16.1. The Hall–Kier alpha value is -2.93. The number of piperazine rings is 1. The topological polar surface area (TPSA) is 77.2 Å². The van der Waals surface area contributed by atoms with E-state index in [1.165, 1.54) is 0 Å². The minimum absolute atomic E-state index is 0.0135. The number of aryl methyl sites for hydroxylation is 1. The highest BCUT2D eigenvalue weighted by molar-refractivity contribution is 5.74. The third-order valence-electron chi connectivity index (χ3n) is 5.35. The number of hydrogen-bond acceptors (Lipinski definition) is 6. The molecule has 7 nitrogen and oxygen atoms in total. The van der Waals surface area contributed by atoms with Crippen LogP contribution in [0.5, 0.6) is 0 Å². The molecule has 0 aliphatic carbocycles. The lowest BCUT2D eigenvalue weighted by molar-refractivity contribution is 0.249. The summed E-state index contributed by atoms with van der Waals surface area (Å²) in [7, 11) is 1.88. The van der Waals surface area contributed by atoms with Gasteiger partial charge in [-0.25, -0.2) is 4.98 Å². The molecule has 2 N–H and O–H groups in total. The summed E-state index contributed by atoms with van der Waals surface area (Å²) < 4.78 is 0. The monoisotopic (exact) mass is 378 g/mol. The van der Waals surface area contributed by atoms with Crippen molar-refractivity contribution in [3.8, 4) is 0 Å². The van der Waals surface area contributed by atoms with Crippen molar-refractivity contribution in [2.75, 3.05) is 43.4 Å². The van der Waals surface area contributed by atoms with Gasteiger partial charge in [0.2, 0.25) is 0 Å². The first-order chi connectivity index (χ1) is 13.7. The predicted octanol–water partition coefficient (Wildman–Crippen LogP) is 2.24. The zero-order chi connectivity index (χ0) is 19.5. The summed E-state index contributed by atoms with van der Waals surface area (Å²) in [6.07, 6.45) is 4.56. The minimum Gasteiger partial charge on any atom is -0.373 e. The number of fused-ring (bicyclic) bond motifs is 1. The van der Waals surface area contributed by atoms with E-state index >= 15 is 0 Å². The van der Waals surface area contributed by atoms with Crippen molar-refractivity contribution in [3.63, 3.8) is 0 Å². The van der Waals surface area contributed by atoms with Crippen molar-refractivity contribution in [2.45, 2.75) is 19.9 Å². The maximum atomic E-state index is 12.1. The van der Waals surface area contributed by atoms with E-state index < -0.39 is 0 Å². The largest absolute Gasteiger partial charge is 0.373 e. The van der Waals surface area contributed by atoms with Crippen LogP contribution in [0.1, 0.15) is 18.1 Å². The van der Waals surface area contributed by atoms with E-state index in [1.807, 2.05) is 38.5 Å². The number of pyridine rings is 3. The number of H-pyrrole nitrogens is 1. The molecule has 0 unspecified atom stereocenters. The lowest BCUT2D eigenvalue weighted by Gasteiger charge is -2.36. The molecular weight excluding hydrogens is 352 g/mol. The normalized spacial score (nSPS) is 15.1. The van der Waals surface area contributed by atoms with Gasteiger partial charge in [0.1, 0.15) is 5.82 Å². The molecule has 1 saturated heterocycles. The van der Waals surface area contributed by atoms with Crippen molar-refractivity contribution in [1.29, 1.82) is 0 Å². The average molecular weight is 378 g/mol. The zero-order valence-electron chi connectivity index (χ0n) is 16.4.